The molecule has 4 fully saturated rings. The molecule has 4 N–H and O–H groups in total. The van der Waals surface area contributed by atoms with Crippen LogP contribution in [0.25, 0.3) is 21.8 Å². The van der Waals surface area contributed by atoms with Gasteiger partial charge in [0.1, 0.15) is 59.7 Å². The number of aryl methyl sites for hydroxylation is 2. The van der Waals surface area contributed by atoms with Gasteiger partial charge in [0.05, 0.1) is 29.1 Å². The molecule has 12 rings (SSSR count). The number of nitrogens with two attached hydrogens (primary N) is 1. The minimum atomic E-state index is -0.0981. The van der Waals surface area contributed by atoms with Gasteiger partial charge in [0, 0.05) is 72.2 Å². The van der Waals surface area contributed by atoms with Crippen LogP contribution in [0, 0.1) is 37.5 Å². The van der Waals surface area contributed by atoms with E-state index in [2.05, 4.69) is 42.1 Å². The van der Waals surface area contributed by atoms with E-state index in [0.717, 1.165) is 93.8 Å². The summed E-state index contributed by atoms with van der Waals surface area (Å²) in [7, 11) is 0. The fourth-order valence-corrected chi connectivity index (χ4v) is 10.3. The fourth-order valence-electron chi connectivity index (χ4n) is 10.3. The quantitative estimate of drug-likeness (QED) is 0.109. The number of nitrogens with one attached hydrogen (secondary N) is 1. The summed E-state index contributed by atoms with van der Waals surface area (Å²) in [5, 5.41) is 15.3. The highest BCUT2D eigenvalue weighted by atomic mass is 16.5. The number of ether oxygens (including phenoxy) is 1. The number of phenols is 1. The lowest BCUT2D eigenvalue weighted by molar-refractivity contribution is -0.119. The Balaban J connectivity index is 0.796. The lowest BCUT2D eigenvalue weighted by atomic mass is 10.1. The van der Waals surface area contributed by atoms with Gasteiger partial charge in [0.2, 0.25) is 5.91 Å². The summed E-state index contributed by atoms with van der Waals surface area (Å²) < 4.78 is 6.25. The molecule has 4 aromatic heterocycles. The van der Waals surface area contributed by atoms with Crippen molar-refractivity contribution in [3.63, 3.8) is 0 Å². The predicted molar refractivity (Wildman–Crippen MR) is 259 cm³/mol. The van der Waals surface area contributed by atoms with E-state index in [-0.39, 0.29) is 42.1 Å². The van der Waals surface area contributed by atoms with Gasteiger partial charge in [-0.2, -0.15) is 0 Å². The molecule has 2 aliphatic carbocycles. The third kappa shape index (κ3) is 7.50. The second-order valence-corrected chi connectivity index (χ2v) is 18.2. The summed E-state index contributed by atoms with van der Waals surface area (Å²) in [6, 6.07) is 35.5. The van der Waals surface area contributed by atoms with Crippen LogP contribution in [0.3, 0.4) is 0 Å². The Bertz CT molecular complexity index is 3170. The monoisotopic (exact) mass is 888 g/mol. The molecule has 2 saturated carbocycles. The number of benzene rings is 4. The first-order valence-corrected chi connectivity index (χ1v) is 22.8. The SMILES string of the molecule is Cc1cc(N(CC(=O)NC2C3CN(c4cc5c(N(c6ccccc6)c6ccc(O)cc6C)ncnc5cn4)CC32)c2ncnc3cnc(N4CC5C(N)C5C4)cc23)ccc1Oc1ccccc1. The second-order valence-electron chi connectivity index (χ2n) is 18.2. The summed E-state index contributed by atoms with van der Waals surface area (Å²) in [6.45, 7) is 7.28. The van der Waals surface area contributed by atoms with E-state index in [9.17, 15) is 9.90 Å². The number of nitrogens with zero attached hydrogens (tertiary/aromatic N) is 10. The molecule has 6 heterocycles. The molecular weight excluding hydrogens is 841 g/mol. The van der Waals surface area contributed by atoms with E-state index in [1.807, 2.05) is 104 Å². The van der Waals surface area contributed by atoms with E-state index in [4.69, 9.17) is 30.4 Å². The number of fused-ring (bicyclic) bond motifs is 4. The molecule has 67 heavy (non-hydrogen) atoms. The van der Waals surface area contributed by atoms with Gasteiger partial charge in [-0.15, -0.1) is 0 Å². The topological polar surface area (TPSA) is 175 Å². The average molecular weight is 889 g/mol. The zero-order chi connectivity index (χ0) is 45.3. The molecule has 0 spiro atoms. The highest BCUT2D eigenvalue weighted by Crippen LogP contribution is 2.48. The van der Waals surface area contributed by atoms with Crippen molar-refractivity contribution in [2.24, 2.45) is 29.4 Å². The third-order valence-corrected chi connectivity index (χ3v) is 14.0. The van der Waals surface area contributed by atoms with Crippen LogP contribution in [-0.2, 0) is 4.79 Å². The van der Waals surface area contributed by atoms with Gasteiger partial charge in [-0.25, -0.2) is 29.9 Å². The largest absolute Gasteiger partial charge is 0.508 e. The molecule has 4 aliphatic rings. The Morgan fingerprint density at radius 2 is 1.30 bits per heavy atom. The Morgan fingerprint density at radius 1 is 0.687 bits per heavy atom. The summed E-state index contributed by atoms with van der Waals surface area (Å²) >= 11 is 0. The van der Waals surface area contributed by atoms with Crippen molar-refractivity contribution < 1.29 is 14.6 Å². The van der Waals surface area contributed by atoms with Crippen molar-refractivity contribution >= 4 is 68.0 Å². The van der Waals surface area contributed by atoms with Crippen LogP contribution < -0.4 is 35.4 Å². The number of hydrogen-bond donors (Lipinski definition) is 3. The number of amides is 1. The number of rotatable bonds is 12. The van der Waals surface area contributed by atoms with Crippen LogP contribution >= 0.6 is 0 Å². The molecule has 8 aromatic rings. The van der Waals surface area contributed by atoms with Crippen molar-refractivity contribution in [1.82, 2.24) is 35.2 Å². The molecule has 334 valence electrons. The molecule has 15 heteroatoms. The number of pyridine rings is 2. The Labute approximate surface area is 386 Å². The molecule has 4 unspecified atom stereocenters. The van der Waals surface area contributed by atoms with Crippen molar-refractivity contribution in [2.45, 2.75) is 25.9 Å². The molecular formula is C52H48N12O3. The molecule has 2 aliphatic heterocycles. The van der Waals surface area contributed by atoms with Crippen molar-refractivity contribution in [3.8, 4) is 17.2 Å². The van der Waals surface area contributed by atoms with Crippen LogP contribution in [0.1, 0.15) is 11.1 Å². The Hall–Kier alpha value is -7.91. The number of anilines is 7. The van der Waals surface area contributed by atoms with Crippen LogP contribution in [0.15, 0.2) is 134 Å². The molecule has 4 atom stereocenters. The minimum absolute atomic E-state index is 0.0327. The number of aromatic nitrogens is 6. The number of carbonyl (C=O) groups excluding carboxylic acids is 1. The van der Waals surface area contributed by atoms with Crippen molar-refractivity contribution in [3.05, 3.63) is 145 Å². The fraction of sp³-hybridized carbons (Fsp3) is 0.250. The van der Waals surface area contributed by atoms with Crippen LogP contribution in [0.4, 0.5) is 40.3 Å². The van der Waals surface area contributed by atoms with Crippen LogP contribution in [0.5, 0.6) is 17.2 Å². The number of piperidine rings is 2. The summed E-state index contributed by atoms with van der Waals surface area (Å²) in [5.41, 5.74) is 12.1. The predicted octanol–water partition coefficient (Wildman–Crippen LogP) is 7.73. The normalized spacial score (nSPS) is 21.2. The van der Waals surface area contributed by atoms with E-state index in [0.29, 0.717) is 29.0 Å². The van der Waals surface area contributed by atoms with E-state index in [1.54, 1.807) is 30.9 Å². The minimum Gasteiger partial charge on any atom is -0.508 e. The van der Waals surface area contributed by atoms with Gasteiger partial charge < -0.3 is 35.6 Å². The van der Waals surface area contributed by atoms with Crippen LogP contribution in [0.2, 0.25) is 0 Å². The number of hydrogen-bond acceptors (Lipinski definition) is 14. The lowest BCUT2D eigenvalue weighted by Crippen LogP contribution is -2.40. The van der Waals surface area contributed by atoms with Gasteiger partial charge in [0.15, 0.2) is 0 Å². The first-order chi connectivity index (χ1) is 32.7. The second kappa shape index (κ2) is 16.2. The maximum absolute atomic E-state index is 14.3. The van der Waals surface area contributed by atoms with Crippen molar-refractivity contribution in [2.75, 3.05) is 52.3 Å². The maximum Gasteiger partial charge on any atom is 0.240 e. The number of carbonyl (C=O) groups is 1. The van der Waals surface area contributed by atoms with E-state index in [1.165, 1.54) is 6.33 Å². The highest BCUT2D eigenvalue weighted by Gasteiger charge is 2.57. The molecule has 4 aromatic carbocycles. The summed E-state index contributed by atoms with van der Waals surface area (Å²) in [5.74, 6) is 6.14. The number of aromatic hydroxyl groups is 1. The van der Waals surface area contributed by atoms with Crippen molar-refractivity contribution in [1.29, 1.82) is 0 Å². The smallest absolute Gasteiger partial charge is 0.240 e. The Kier molecular flexibility index (Phi) is 9.82. The highest BCUT2D eigenvalue weighted by molar-refractivity contribution is 5.97. The average Bonchev–Trinajstić information content (AvgIpc) is 3.92. The van der Waals surface area contributed by atoms with Gasteiger partial charge in [-0.3, -0.25) is 9.69 Å². The zero-order valence-electron chi connectivity index (χ0n) is 37.0. The number of para-hydroxylation sites is 2. The van der Waals surface area contributed by atoms with Gasteiger partial charge >= 0.3 is 0 Å². The first kappa shape index (κ1) is 40.6. The zero-order valence-corrected chi connectivity index (χ0v) is 37.0. The van der Waals surface area contributed by atoms with Gasteiger partial charge in [-0.05, 0) is 110 Å². The molecule has 0 bridgehead atoms. The lowest BCUT2D eigenvalue weighted by Gasteiger charge is -2.27. The maximum atomic E-state index is 14.3. The molecule has 0 radical (unpaired) electrons. The summed E-state index contributed by atoms with van der Waals surface area (Å²) in [4.78, 5) is 51.5. The Morgan fingerprint density at radius 3 is 1.94 bits per heavy atom. The number of phenolic OH excluding ortho intramolecular Hbond substituents is 1. The van der Waals surface area contributed by atoms with E-state index >= 15 is 0 Å². The molecule has 15 nitrogen and oxygen atoms in total. The molecule has 1 amide bonds. The first-order valence-electron chi connectivity index (χ1n) is 22.8. The van der Waals surface area contributed by atoms with E-state index < -0.39 is 0 Å². The standard InChI is InChI=1S/C52H48N12O3/c1-30-18-34(65)14-15-44(30)64(32-9-5-3-6-10-32)52-37-20-47(55-22-43(37)57-29-59-52)62-25-40-41(26-62)50(40)60-48(66)27-63(33-13-16-45(31(2)17-33)67-35-11-7-4-8-12-35)51-36-19-46(54-21-42(36)56-28-58-51)61-23-38-39(24-61)49(38)53/h3-22,28-29,38-41,49-50,65H,23-27,53H2,1-2H3,(H,60,66). The third-order valence-electron chi connectivity index (χ3n) is 14.0. The van der Waals surface area contributed by atoms with Gasteiger partial charge in [-0.1, -0.05) is 36.4 Å². The summed E-state index contributed by atoms with van der Waals surface area (Å²) in [6.07, 6.45) is 6.71. The molecule has 2 saturated heterocycles. The van der Waals surface area contributed by atoms with Crippen LogP contribution in [-0.4, -0.2) is 85.7 Å². The van der Waals surface area contributed by atoms with Gasteiger partial charge in [0.25, 0.3) is 0 Å².